The Morgan fingerprint density at radius 1 is 1.33 bits per heavy atom. The van der Waals surface area contributed by atoms with Gasteiger partial charge in [-0.05, 0) is 54.5 Å². The van der Waals surface area contributed by atoms with Crippen molar-refractivity contribution in [3.63, 3.8) is 0 Å². The lowest BCUT2D eigenvalue weighted by Gasteiger charge is -2.20. The number of hydrogen-bond donors (Lipinski definition) is 1. The first-order chi connectivity index (χ1) is 13.0. The third-order valence-electron chi connectivity index (χ3n) is 4.87. The second kappa shape index (κ2) is 8.72. The Morgan fingerprint density at radius 2 is 2.07 bits per heavy atom. The van der Waals surface area contributed by atoms with Gasteiger partial charge in [-0.3, -0.25) is 4.79 Å². The van der Waals surface area contributed by atoms with Gasteiger partial charge in [-0.2, -0.15) is 0 Å². The number of thiophene rings is 1. The summed E-state index contributed by atoms with van der Waals surface area (Å²) in [6.07, 6.45) is 7.16. The molecule has 0 aliphatic heterocycles. The number of benzene rings is 1. The average Bonchev–Trinajstić information content (AvgIpc) is 3.03. The maximum absolute atomic E-state index is 12.4. The van der Waals surface area contributed by atoms with Gasteiger partial charge in [-0.25, -0.2) is 4.79 Å². The Morgan fingerprint density at radius 3 is 2.74 bits per heavy atom. The SMILES string of the molecule is CC[C@H]1CCc2c(sc(NC(=O)/C=C/c3ccc(Cl)cc3)c2C(=O)OC)C1. The fourth-order valence-electron chi connectivity index (χ4n) is 3.31. The Bertz CT molecular complexity index is 870. The summed E-state index contributed by atoms with van der Waals surface area (Å²) in [5.74, 6) is -0.0323. The average molecular weight is 404 g/mol. The summed E-state index contributed by atoms with van der Waals surface area (Å²) in [5.41, 5.74) is 2.42. The summed E-state index contributed by atoms with van der Waals surface area (Å²) < 4.78 is 4.96. The summed E-state index contributed by atoms with van der Waals surface area (Å²) in [5, 5.41) is 4.09. The molecule has 4 nitrogen and oxygen atoms in total. The number of hydrogen-bond acceptors (Lipinski definition) is 4. The fraction of sp³-hybridized carbons (Fsp3) is 0.333. The number of esters is 1. The molecule has 0 fully saturated rings. The van der Waals surface area contributed by atoms with Crippen LogP contribution in [0.25, 0.3) is 6.08 Å². The number of ether oxygens (including phenoxy) is 1. The molecule has 0 saturated carbocycles. The first-order valence-electron chi connectivity index (χ1n) is 8.99. The predicted octanol–water partition coefficient (Wildman–Crippen LogP) is 5.35. The molecular weight excluding hydrogens is 382 g/mol. The maximum atomic E-state index is 12.4. The minimum atomic E-state index is -0.389. The van der Waals surface area contributed by atoms with Gasteiger partial charge in [0.15, 0.2) is 0 Å². The van der Waals surface area contributed by atoms with Crippen molar-refractivity contribution in [3.05, 3.63) is 56.9 Å². The molecule has 1 amide bonds. The van der Waals surface area contributed by atoms with Gasteiger partial charge in [0.25, 0.3) is 0 Å². The largest absolute Gasteiger partial charge is 0.465 e. The molecule has 1 aromatic carbocycles. The van der Waals surface area contributed by atoms with Crippen molar-refractivity contribution in [3.8, 4) is 0 Å². The number of rotatable bonds is 5. The van der Waals surface area contributed by atoms with Gasteiger partial charge in [0, 0.05) is 16.0 Å². The van der Waals surface area contributed by atoms with Gasteiger partial charge >= 0.3 is 5.97 Å². The second-order valence-corrected chi connectivity index (χ2v) is 8.13. The molecule has 0 spiro atoms. The third kappa shape index (κ3) is 4.60. The molecule has 0 unspecified atom stereocenters. The zero-order chi connectivity index (χ0) is 19.4. The fourth-order valence-corrected chi connectivity index (χ4v) is 4.79. The van der Waals surface area contributed by atoms with E-state index in [1.165, 1.54) is 29.4 Å². The number of carbonyl (C=O) groups excluding carboxylic acids is 2. The van der Waals surface area contributed by atoms with Crippen molar-refractivity contribution in [1.82, 2.24) is 0 Å². The third-order valence-corrected chi connectivity index (χ3v) is 6.29. The van der Waals surface area contributed by atoms with E-state index in [1.54, 1.807) is 18.2 Å². The van der Waals surface area contributed by atoms with Crippen LogP contribution in [0.4, 0.5) is 5.00 Å². The molecule has 0 saturated heterocycles. The molecule has 2 aromatic rings. The zero-order valence-electron chi connectivity index (χ0n) is 15.4. The van der Waals surface area contributed by atoms with E-state index in [2.05, 4.69) is 12.2 Å². The Kier molecular flexibility index (Phi) is 6.34. The lowest BCUT2D eigenvalue weighted by atomic mass is 9.86. The van der Waals surface area contributed by atoms with E-state index >= 15 is 0 Å². The van der Waals surface area contributed by atoms with Gasteiger partial charge in [-0.15, -0.1) is 11.3 Å². The van der Waals surface area contributed by atoms with Crippen molar-refractivity contribution < 1.29 is 14.3 Å². The van der Waals surface area contributed by atoms with Gasteiger partial charge in [-0.1, -0.05) is 37.1 Å². The molecule has 1 N–H and O–H groups in total. The minimum absolute atomic E-state index is 0.277. The van der Waals surface area contributed by atoms with Crippen LogP contribution < -0.4 is 5.32 Å². The lowest BCUT2D eigenvalue weighted by molar-refractivity contribution is -0.111. The predicted molar refractivity (Wildman–Crippen MR) is 111 cm³/mol. The van der Waals surface area contributed by atoms with E-state index in [-0.39, 0.29) is 11.9 Å². The number of methoxy groups -OCH3 is 1. The van der Waals surface area contributed by atoms with Crippen molar-refractivity contribution >= 4 is 45.9 Å². The van der Waals surface area contributed by atoms with Crippen LogP contribution in [-0.2, 0) is 22.4 Å². The summed E-state index contributed by atoms with van der Waals surface area (Å²) >= 11 is 7.36. The van der Waals surface area contributed by atoms with Gasteiger partial charge in [0.05, 0.1) is 12.7 Å². The molecule has 1 aromatic heterocycles. The number of halogens is 1. The monoisotopic (exact) mass is 403 g/mol. The normalized spacial score (nSPS) is 16.2. The molecule has 1 heterocycles. The Balaban J connectivity index is 1.81. The Hall–Kier alpha value is -2.11. The van der Waals surface area contributed by atoms with E-state index in [0.717, 1.165) is 36.8 Å². The van der Waals surface area contributed by atoms with E-state index in [1.807, 2.05) is 12.1 Å². The summed E-state index contributed by atoms with van der Waals surface area (Å²) in [7, 11) is 1.37. The molecule has 0 bridgehead atoms. The first kappa shape index (κ1) is 19.6. The molecule has 1 aliphatic rings. The molecule has 3 rings (SSSR count). The summed E-state index contributed by atoms with van der Waals surface area (Å²) in [4.78, 5) is 25.9. The molecular formula is C21H22ClNO3S. The van der Waals surface area contributed by atoms with Crippen LogP contribution in [0.1, 0.15) is 46.1 Å². The van der Waals surface area contributed by atoms with Crippen LogP contribution in [-0.4, -0.2) is 19.0 Å². The number of amides is 1. The molecule has 6 heteroatoms. The van der Waals surface area contributed by atoms with E-state index in [9.17, 15) is 9.59 Å². The molecule has 0 radical (unpaired) electrons. The Labute approximate surface area is 168 Å². The van der Waals surface area contributed by atoms with Gasteiger partial charge < -0.3 is 10.1 Å². The highest BCUT2D eigenvalue weighted by Gasteiger charge is 2.29. The van der Waals surface area contributed by atoms with Crippen molar-refractivity contribution in [2.75, 3.05) is 12.4 Å². The molecule has 142 valence electrons. The van der Waals surface area contributed by atoms with E-state index < -0.39 is 0 Å². The smallest absolute Gasteiger partial charge is 0.341 e. The first-order valence-corrected chi connectivity index (χ1v) is 10.2. The highest BCUT2D eigenvalue weighted by atomic mass is 35.5. The van der Waals surface area contributed by atoms with E-state index in [0.29, 0.717) is 21.5 Å². The van der Waals surface area contributed by atoms with Gasteiger partial charge in [0.1, 0.15) is 5.00 Å². The van der Waals surface area contributed by atoms with Crippen LogP contribution in [0.3, 0.4) is 0 Å². The summed E-state index contributed by atoms with van der Waals surface area (Å²) in [6, 6.07) is 7.21. The highest BCUT2D eigenvalue weighted by Crippen LogP contribution is 2.40. The quantitative estimate of drug-likeness (QED) is 0.540. The van der Waals surface area contributed by atoms with Crippen molar-refractivity contribution in [2.45, 2.75) is 32.6 Å². The van der Waals surface area contributed by atoms with E-state index in [4.69, 9.17) is 16.3 Å². The highest BCUT2D eigenvalue weighted by molar-refractivity contribution is 7.17. The van der Waals surface area contributed by atoms with Crippen molar-refractivity contribution in [1.29, 1.82) is 0 Å². The minimum Gasteiger partial charge on any atom is -0.465 e. The molecule has 1 aliphatic carbocycles. The molecule has 27 heavy (non-hydrogen) atoms. The van der Waals surface area contributed by atoms with Crippen LogP contribution in [0.2, 0.25) is 5.02 Å². The number of carbonyl (C=O) groups is 2. The number of fused-ring (bicyclic) bond motifs is 1. The number of anilines is 1. The number of nitrogens with one attached hydrogen (secondary N) is 1. The molecule has 1 atom stereocenters. The van der Waals surface area contributed by atoms with Crippen molar-refractivity contribution in [2.24, 2.45) is 5.92 Å². The van der Waals surface area contributed by atoms with Crippen LogP contribution in [0.15, 0.2) is 30.3 Å². The van der Waals surface area contributed by atoms with Crippen LogP contribution >= 0.6 is 22.9 Å². The maximum Gasteiger partial charge on any atom is 0.341 e. The van der Waals surface area contributed by atoms with Crippen LogP contribution in [0, 0.1) is 5.92 Å². The summed E-state index contributed by atoms with van der Waals surface area (Å²) in [6.45, 7) is 2.19. The van der Waals surface area contributed by atoms with Gasteiger partial charge in [0.2, 0.25) is 5.91 Å². The topological polar surface area (TPSA) is 55.4 Å². The lowest BCUT2D eigenvalue weighted by Crippen LogP contribution is -2.15. The second-order valence-electron chi connectivity index (χ2n) is 6.59. The standard InChI is InChI=1S/C21H22ClNO3S/c1-3-13-6-10-16-17(12-13)27-20(19(16)21(25)26-2)23-18(24)11-7-14-4-8-15(22)9-5-14/h4-5,7-9,11,13H,3,6,10,12H2,1-2H3,(H,23,24)/b11-7+/t13-/m0/s1. The van der Waals surface area contributed by atoms with Crippen LogP contribution in [0.5, 0.6) is 0 Å². The zero-order valence-corrected chi connectivity index (χ0v) is 17.0.